The second kappa shape index (κ2) is 6.03. The predicted octanol–water partition coefficient (Wildman–Crippen LogP) is 1.83. The van der Waals surface area contributed by atoms with Gasteiger partial charge in [0.05, 0.1) is 0 Å². The SMILES string of the molecule is Cc1ccc(NC2CCN(CCN)CC2)cc1. The van der Waals surface area contributed by atoms with Crippen molar-refractivity contribution in [1.82, 2.24) is 4.90 Å². The largest absolute Gasteiger partial charge is 0.382 e. The van der Waals surface area contributed by atoms with Crippen LogP contribution in [0.1, 0.15) is 18.4 Å². The molecule has 3 heteroatoms. The van der Waals surface area contributed by atoms with Crippen molar-refractivity contribution in [3.8, 4) is 0 Å². The summed E-state index contributed by atoms with van der Waals surface area (Å²) in [6, 6.07) is 9.27. The van der Waals surface area contributed by atoms with Crippen LogP contribution in [-0.2, 0) is 0 Å². The van der Waals surface area contributed by atoms with E-state index in [9.17, 15) is 0 Å². The predicted molar refractivity (Wildman–Crippen MR) is 73.3 cm³/mol. The Kier molecular flexibility index (Phi) is 4.40. The molecule has 0 aromatic heterocycles. The van der Waals surface area contributed by atoms with Gasteiger partial charge in [0.1, 0.15) is 0 Å². The molecule has 1 aliphatic rings. The van der Waals surface area contributed by atoms with Crippen LogP contribution in [-0.4, -0.2) is 37.1 Å². The topological polar surface area (TPSA) is 41.3 Å². The standard InChI is InChI=1S/C14H23N3/c1-12-2-4-13(5-3-12)16-14-6-9-17(10-7-14)11-8-15/h2-5,14,16H,6-11,15H2,1H3. The summed E-state index contributed by atoms with van der Waals surface area (Å²) in [4.78, 5) is 2.45. The van der Waals surface area contributed by atoms with Crippen LogP contribution in [0.2, 0.25) is 0 Å². The van der Waals surface area contributed by atoms with E-state index in [0.29, 0.717) is 6.04 Å². The van der Waals surface area contributed by atoms with Gasteiger partial charge in [0.2, 0.25) is 0 Å². The highest BCUT2D eigenvalue weighted by Crippen LogP contribution is 2.16. The average Bonchev–Trinajstić information content (AvgIpc) is 2.35. The van der Waals surface area contributed by atoms with Crippen molar-refractivity contribution in [2.24, 2.45) is 5.73 Å². The van der Waals surface area contributed by atoms with Crippen LogP contribution in [0.3, 0.4) is 0 Å². The highest BCUT2D eigenvalue weighted by atomic mass is 15.1. The molecule has 1 aromatic rings. The molecular weight excluding hydrogens is 210 g/mol. The van der Waals surface area contributed by atoms with Crippen LogP contribution in [0.4, 0.5) is 5.69 Å². The summed E-state index contributed by atoms with van der Waals surface area (Å²) >= 11 is 0. The zero-order valence-corrected chi connectivity index (χ0v) is 10.7. The quantitative estimate of drug-likeness (QED) is 0.833. The van der Waals surface area contributed by atoms with E-state index in [1.807, 2.05) is 0 Å². The number of nitrogens with zero attached hydrogens (tertiary/aromatic N) is 1. The number of rotatable bonds is 4. The van der Waals surface area contributed by atoms with Gasteiger partial charge in [-0.1, -0.05) is 17.7 Å². The lowest BCUT2D eigenvalue weighted by Crippen LogP contribution is -2.41. The minimum absolute atomic E-state index is 0.617. The van der Waals surface area contributed by atoms with E-state index in [1.54, 1.807) is 0 Å². The molecule has 0 atom stereocenters. The molecule has 0 aliphatic carbocycles. The molecule has 1 aliphatic heterocycles. The number of nitrogens with two attached hydrogens (primary N) is 1. The fourth-order valence-electron chi connectivity index (χ4n) is 2.37. The van der Waals surface area contributed by atoms with Crippen molar-refractivity contribution >= 4 is 5.69 Å². The van der Waals surface area contributed by atoms with E-state index in [1.165, 1.54) is 37.2 Å². The van der Waals surface area contributed by atoms with Crippen molar-refractivity contribution in [1.29, 1.82) is 0 Å². The highest BCUT2D eigenvalue weighted by molar-refractivity contribution is 5.45. The fourth-order valence-corrected chi connectivity index (χ4v) is 2.37. The summed E-state index contributed by atoms with van der Waals surface area (Å²) in [5.41, 5.74) is 8.13. The number of hydrogen-bond acceptors (Lipinski definition) is 3. The van der Waals surface area contributed by atoms with Crippen molar-refractivity contribution in [3.05, 3.63) is 29.8 Å². The fraction of sp³-hybridized carbons (Fsp3) is 0.571. The molecule has 3 N–H and O–H groups in total. The van der Waals surface area contributed by atoms with Gasteiger partial charge in [0.15, 0.2) is 0 Å². The molecule has 1 saturated heterocycles. The molecule has 0 unspecified atom stereocenters. The summed E-state index contributed by atoms with van der Waals surface area (Å²) in [6.45, 7) is 6.27. The van der Waals surface area contributed by atoms with E-state index < -0.39 is 0 Å². The van der Waals surface area contributed by atoms with Gasteiger partial charge < -0.3 is 16.0 Å². The van der Waals surface area contributed by atoms with E-state index in [0.717, 1.165) is 13.1 Å². The maximum Gasteiger partial charge on any atom is 0.0342 e. The molecule has 94 valence electrons. The first-order valence-electron chi connectivity index (χ1n) is 6.53. The molecule has 1 aromatic carbocycles. The van der Waals surface area contributed by atoms with E-state index in [4.69, 9.17) is 5.73 Å². The molecule has 2 rings (SSSR count). The highest BCUT2D eigenvalue weighted by Gasteiger charge is 2.17. The Balaban J connectivity index is 1.79. The molecule has 1 heterocycles. The summed E-state index contributed by atoms with van der Waals surface area (Å²) in [6.07, 6.45) is 2.43. The minimum atomic E-state index is 0.617. The number of aryl methyl sites for hydroxylation is 1. The Bertz CT molecular complexity index is 326. The summed E-state index contributed by atoms with van der Waals surface area (Å²) < 4.78 is 0. The van der Waals surface area contributed by atoms with Gasteiger partial charge in [-0.15, -0.1) is 0 Å². The molecule has 1 fully saturated rings. The van der Waals surface area contributed by atoms with Crippen molar-refractivity contribution < 1.29 is 0 Å². The monoisotopic (exact) mass is 233 g/mol. The van der Waals surface area contributed by atoms with Crippen LogP contribution >= 0.6 is 0 Å². The molecule has 0 radical (unpaired) electrons. The normalized spacial score (nSPS) is 18.2. The number of anilines is 1. The van der Waals surface area contributed by atoms with Crippen molar-refractivity contribution in [3.63, 3.8) is 0 Å². The first-order valence-corrected chi connectivity index (χ1v) is 6.53. The second-order valence-corrected chi connectivity index (χ2v) is 4.91. The minimum Gasteiger partial charge on any atom is -0.382 e. The van der Waals surface area contributed by atoms with Crippen LogP contribution in [0, 0.1) is 6.92 Å². The summed E-state index contributed by atoms with van der Waals surface area (Å²) in [5, 5.41) is 3.61. The number of benzene rings is 1. The van der Waals surface area contributed by atoms with Crippen LogP contribution < -0.4 is 11.1 Å². The van der Waals surface area contributed by atoms with Crippen molar-refractivity contribution in [2.45, 2.75) is 25.8 Å². The maximum atomic E-state index is 5.57. The first kappa shape index (κ1) is 12.4. The molecule has 3 nitrogen and oxygen atoms in total. The average molecular weight is 233 g/mol. The second-order valence-electron chi connectivity index (χ2n) is 4.91. The number of nitrogens with one attached hydrogen (secondary N) is 1. The lowest BCUT2D eigenvalue weighted by molar-refractivity contribution is 0.224. The lowest BCUT2D eigenvalue weighted by atomic mass is 10.0. The Morgan fingerprint density at radius 3 is 2.47 bits per heavy atom. The van der Waals surface area contributed by atoms with E-state index in [2.05, 4.69) is 41.4 Å². The lowest BCUT2D eigenvalue weighted by Gasteiger charge is -2.32. The van der Waals surface area contributed by atoms with Crippen molar-refractivity contribution in [2.75, 3.05) is 31.5 Å². The zero-order chi connectivity index (χ0) is 12.1. The number of likely N-dealkylation sites (tertiary alicyclic amines) is 1. The summed E-state index contributed by atoms with van der Waals surface area (Å²) in [5.74, 6) is 0. The molecular formula is C14H23N3. The third-order valence-corrected chi connectivity index (χ3v) is 3.46. The zero-order valence-electron chi connectivity index (χ0n) is 10.7. The van der Waals surface area contributed by atoms with Crippen LogP contribution in [0.15, 0.2) is 24.3 Å². The Labute approximate surface area is 104 Å². The molecule has 0 spiro atoms. The van der Waals surface area contributed by atoms with Crippen LogP contribution in [0.5, 0.6) is 0 Å². The molecule has 0 amide bonds. The van der Waals surface area contributed by atoms with Gasteiger partial charge in [0, 0.05) is 37.9 Å². The van der Waals surface area contributed by atoms with Gasteiger partial charge in [-0.25, -0.2) is 0 Å². The van der Waals surface area contributed by atoms with Crippen LogP contribution in [0.25, 0.3) is 0 Å². The Morgan fingerprint density at radius 1 is 1.24 bits per heavy atom. The number of hydrogen-bond donors (Lipinski definition) is 2. The summed E-state index contributed by atoms with van der Waals surface area (Å²) in [7, 11) is 0. The Morgan fingerprint density at radius 2 is 1.88 bits per heavy atom. The van der Waals surface area contributed by atoms with E-state index in [-0.39, 0.29) is 0 Å². The third-order valence-electron chi connectivity index (χ3n) is 3.46. The first-order chi connectivity index (χ1) is 8.28. The smallest absolute Gasteiger partial charge is 0.0342 e. The van der Waals surface area contributed by atoms with Gasteiger partial charge in [-0.2, -0.15) is 0 Å². The molecule has 0 saturated carbocycles. The van der Waals surface area contributed by atoms with Gasteiger partial charge in [-0.05, 0) is 31.9 Å². The van der Waals surface area contributed by atoms with Gasteiger partial charge >= 0.3 is 0 Å². The van der Waals surface area contributed by atoms with Gasteiger partial charge in [-0.3, -0.25) is 0 Å². The Hall–Kier alpha value is -1.06. The van der Waals surface area contributed by atoms with E-state index >= 15 is 0 Å². The number of piperidine rings is 1. The maximum absolute atomic E-state index is 5.57. The molecule has 0 bridgehead atoms. The van der Waals surface area contributed by atoms with Gasteiger partial charge in [0.25, 0.3) is 0 Å². The molecule has 17 heavy (non-hydrogen) atoms. The third kappa shape index (κ3) is 3.72.